The zero-order valence-electron chi connectivity index (χ0n) is 29.6. The number of fused-ring (bicyclic) bond motifs is 5. The second-order valence-electron chi connectivity index (χ2n) is 15.0. The molecule has 9 rings (SSSR count). The zero-order valence-corrected chi connectivity index (χ0v) is 30.5. The van der Waals surface area contributed by atoms with Crippen LogP contribution in [0, 0.1) is 27.7 Å². The third-order valence-corrected chi connectivity index (χ3v) is 13.7. The van der Waals surface area contributed by atoms with Crippen molar-refractivity contribution in [2.45, 2.75) is 71.3 Å². The predicted molar refractivity (Wildman–Crippen MR) is 212 cm³/mol. The van der Waals surface area contributed by atoms with Gasteiger partial charge in [0.2, 0.25) is 5.90 Å². The monoisotopic (exact) mass is 669 g/mol. The molecule has 50 heavy (non-hydrogen) atoms. The van der Waals surface area contributed by atoms with Crippen LogP contribution >= 0.6 is 7.92 Å². The van der Waals surface area contributed by atoms with Crippen molar-refractivity contribution in [1.29, 1.82) is 0 Å². The van der Waals surface area contributed by atoms with E-state index in [4.69, 9.17) is 9.73 Å². The molecule has 0 amide bonds. The van der Waals surface area contributed by atoms with Crippen molar-refractivity contribution in [2.75, 3.05) is 6.61 Å². The van der Waals surface area contributed by atoms with Crippen molar-refractivity contribution < 1.29 is 4.74 Å². The molecule has 0 fully saturated rings. The van der Waals surface area contributed by atoms with Crippen LogP contribution in [0.15, 0.2) is 120 Å². The van der Waals surface area contributed by atoms with Gasteiger partial charge in [0, 0.05) is 11.0 Å². The van der Waals surface area contributed by atoms with Gasteiger partial charge in [-0.2, -0.15) is 0 Å². The van der Waals surface area contributed by atoms with Gasteiger partial charge < -0.3 is 4.74 Å². The highest BCUT2D eigenvalue weighted by atomic mass is 31.1. The molecule has 6 aromatic rings. The van der Waals surface area contributed by atoms with Crippen LogP contribution in [0.3, 0.4) is 0 Å². The molecule has 0 radical (unpaired) electrons. The summed E-state index contributed by atoms with van der Waals surface area (Å²) < 4.78 is 6.57. The Hall–Kier alpha value is -4.52. The summed E-state index contributed by atoms with van der Waals surface area (Å²) in [6.07, 6.45) is 5.36. The topological polar surface area (TPSA) is 21.6 Å². The number of rotatable bonds is 6. The Kier molecular flexibility index (Phi) is 7.78. The van der Waals surface area contributed by atoms with Crippen LogP contribution in [0.25, 0.3) is 10.8 Å². The average Bonchev–Trinajstić information content (AvgIpc) is 3.83. The lowest BCUT2D eigenvalue weighted by molar-refractivity contribution is 0.316. The number of hydrogen-bond donors (Lipinski definition) is 0. The molecule has 2 aliphatic carbocycles. The first-order valence-electron chi connectivity index (χ1n) is 18.3. The molecule has 2 nitrogen and oxygen atoms in total. The molecule has 248 valence electrons. The van der Waals surface area contributed by atoms with Crippen molar-refractivity contribution in [1.82, 2.24) is 0 Å². The third kappa shape index (κ3) is 5.32. The van der Waals surface area contributed by atoms with Crippen LogP contribution < -0.4 is 15.9 Å². The molecule has 0 saturated heterocycles. The fourth-order valence-corrected chi connectivity index (χ4v) is 12.5. The molecular formula is C47H44NOP. The Bertz CT molecular complexity index is 2230. The summed E-state index contributed by atoms with van der Waals surface area (Å²) in [6.45, 7) is 9.62. The normalized spacial score (nSPS) is 19.2. The smallest absolute Gasteiger partial charge is 0.216 e. The molecule has 1 heterocycles. The molecule has 0 N–H and O–H groups in total. The number of benzene rings is 6. The lowest BCUT2D eigenvalue weighted by atomic mass is 9.74. The minimum atomic E-state index is -0.777. The second-order valence-corrected chi connectivity index (χ2v) is 17.2. The Morgan fingerprint density at radius 2 is 1.26 bits per heavy atom. The van der Waals surface area contributed by atoms with E-state index in [2.05, 4.69) is 143 Å². The molecular weight excluding hydrogens is 625 g/mol. The first-order chi connectivity index (χ1) is 24.4. The standard InChI is InChI=1S/C47H44NOP/c1-30-22-31(2)25-39(24-30)50(40-26-32(3)23-33(4)27-40)43-17-9-13-36-19-21-47(45(36)43)20-18-35-12-8-16-42(44(35)47)46-48-38(29-49-46)28-37-14-7-11-34-10-5-6-15-41(34)37/h5-17,22-27,38H,18-21,28-29H2,1-4H3/t38-,47-/m0/s1. The van der Waals surface area contributed by atoms with Gasteiger partial charge in [-0.1, -0.05) is 131 Å². The van der Waals surface area contributed by atoms with Gasteiger partial charge in [0.05, 0.1) is 6.04 Å². The average molecular weight is 670 g/mol. The van der Waals surface area contributed by atoms with E-state index < -0.39 is 7.92 Å². The Balaban J connectivity index is 1.17. The first kappa shape index (κ1) is 31.5. The van der Waals surface area contributed by atoms with Gasteiger partial charge >= 0.3 is 0 Å². The molecule has 6 aromatic carbocycles. The molecule has 0 aromatic heterocycles. The molecule has 3 heteroatoms. The predicted octanol–water partition coefficient (Wildman–Crippen LogP) is 9.40. The molecule has 0 unspecified atom stereocenters. The number of hydrogen-bond acceptors (Lipinski definition) is 2. The van der Waals surface area contributed by atoms with E-state index in [1.165, 1.54) is 76.8 Å². The third-order valence-electron chi connectivity index (χ3n) is 11.3. The molecule has 0 bridgehead atoms. The molecule has 2 atom stereocenters. The highest BCUT2D eigenvalue weighted by molar-refractivity contribution is 7.80. The number of aryl methyl sites for hydroxylation is 6. The van der Waals surface area contributed by atoms with Crippen molar-refractivity contribution in [3.05, 3.63) is 171 Å². The molecule has 0 saturated carbocycles. The lowest BCUT2D eigenvalue weighted by Crippen LogP contribution is -2.33. The summed E-state index contributed by atoms with van der Waals surface area (Å²) in [7, 11) is -0.777. The van der Waals surface area contributed by atoms with E-state index in [-0.39, 0.29) is 11.5 Å². The SMILES string of the molecule is Cc1cc(C)cc(P(c2cc(C)cc(C)c2)c2cccc3c2[C@@]2(CCc4cccc(C5=N[C@@H](Cc6cccc7ccccc67)CO5)c42)CC3)c1. The van der Waals surface area contributed by atoms with Crippen molar-refractivity contribution in [2.24, 2.45) is 4.99 Å². The van der Waals surface area contributed by atoms with Crippen molar-refractivity contribution >= 4 is 40.5 Å². The maximum Gasteiger partial charge on any atom is 0.216 e. The maximum absolute atomic E-state index is 6.57. The van der Waals surface area contributed by atoms with Crippen molar-refractivity contribution in [3.63, 3.8) is 0 Å². The van der Waals surface area contributed by atoms with Crippen molar-refractivity contribution in [3.8, 4) is 0 Å². The van der Waals surface area contributed by atoms with E-state index in [1.807, 2.05) is 0 Å². The lowest BCUT2D eigenvalue weighted by Gasteiger charge is -2.33. The van der Waals surface area contributed by atoms with Gasteiger partial charge in [-0.25, -0.2) is 4.99 Å². The van der Waals surface area contributed by atoms with E-state index in [9.17, 15) is 0 Å². The second kappa shape index (κ2) is 12.4. The minimum absolute atomic E-state index is 0.0459. The number of nitrogens with zero attached hydrogens (tertiary/aromatic N) is 1. The Morgan fingerprint density at radius 1 is 0.660 bits per heavy atom. The quantitative estimate of drug-likeness (QED) is 0.162. The van der Waals surface area contributed by atoms with Crippen LogP contribution in [-0.4, -0.2) is 18.5 Å². The Morgan fingerprint density at radius 3 is 1.96 bits per heavy atom. The zero-order chi connectivity index (χ0) is 34.0. The molecule has 1 aliphatic heterocycles. The summed E-state index contributed by atoms with van der Waals surface area (Å²) in [5.74, 6) is 0.838. The van der Waals surface area contributed by atoms with Crippen LogP contribution in [0.4, 0.5) is 0 Å². The van der Waals surface area contributed by atoms with E-state index in [0.29, 0.717) is 6.61 Å². The highest BCUT2D eigenvalue weighted by Gasteiger charge is 2.49. The van der Waals surface area contributed by atoms with Gasteiger partial charge in [-0.3, -0.25) is 0 Å². The fraction of sp³-hybridized carbons (Fsp3) is 0.255. The summed E-state index contributed by atoms with van der Waals surface area (Å²) in [5, 5.41) is 7.02. The van der Waals surface area contributed by atoms with Crippen LogP contribution in [0.1, 0.15) is 68.5 Å². The van der Waals surface area contributed by atoms with E-state index in [1.54, 1.807) is 5.56 Å². The van der Waals surface area contributed by atoms with Gasteiger partial charge in [-0.05, 0) is 128 Å². The van der Waals surface area contributed by atoms with Gasteiger partial charge in [-0.15, -0.1) is 0 Å². The number of ether oxygens (including phenoxy) is 1. The molecule has 3 aliphatic rings. The van der Waals surface area contributed by atoms with Crippen LogP contribution in [0.5, 0.6) is 0 Å². The summed E-state index contributed by atoms with van der Waals surface area (Å²) in [4.78, 5) is 5.34. The summed E-state index contributed by atoms with van der Waals surface area (Å²) >= 11 is 0. The van der Waals surface area contributed by atoms with Gasteiger partial charge in [0.1, 0.15) is 6.61 Å². The molecule has 1 spiro atoms. The highest BCUT2D eigenvalue weighted by Crippen LogP contribution is 2.55. The fourth-order valence-electron chi connectivity index (χ4n) is 9.51. The van der Waals surface area contributed by atoms with E-state index in [0.717, 1.165) is 38.0 Å². The minimum Gasteiger partial charge on any atom is -0.475 e. The van der Waals surface area contributed by atoms with Crippen LogP contribution in [0.2, 0.25) is 0 Å². The van der Waals surface area contributed by atoms with Gasteiger partial charge in [0.15, 0.2) is 0 Å². The maximum atomic E-state index is 6.57. The summed E-state index contributed by atoms with van der Waals surface area (Å²) in [6, 6.07) is 43.9. The number of aliphatic imine (C=N–C) groups is 1. The van der Waals surface area contributed by atoms with E-state index >= 15 is 0 Å². The Labute approximate surface area is 298 Å². The first-order valence-corrected chi connectivity index (χ1v) is 19.6. The summed E-state index contributed by atoms with van der Waals surface area (Å²) in [5.41, 5.74) is 13.9. The van der Waals surface area contributed by atoms with Gasteiger partial charge in [0.25, 0.3) is 0 Å². The largest absolute Gasteiger partial charge is 0.475 e. The van der Waals surface area contributed by atoms with Crippen LogP contribution in [-0.2, 0) is 29.4 Å².